The van der Waals surface area contributed by atoms with Gasteiger partial charge in [-0.1, -0.05) is 42.0 Å². The molecular formula is C24H32N6O3. The van der Waals surface area contributed by atoms with Gasteiger partial charge in [-0.15, -0.1) is 0 Å². The maximum absolute atomic E-state index is 13.6. The average molecular weight is 453 g/mol. The zero-order valence-electron chi connectivity index (χ0n) is 19.5. The van der Waals surface area contributed by atoms with Crippen molar-refractivity contribution in [1.29, 1.82) is 0 Å². The number of nitrogens with zero attached hydrogens (tertiary/aromatic N) is 4. The van der Waals surface area contributed by atoms with Crippen LogP contribution in [0.4, 0.5) is 11.5 Å². The van der Waals surface area contributed by atoms with Gasteiger partial charge in [0.2, 0.25) is 0 Å². The first-order chi connectivity index (χ1) is 15.8. The Morgan fingerprint density at radius 2 is 1.94 bits per heavy atom. The quantitative estimate of drug-likeness (QED) is 0.503. The van der Waals surface area contributed by atoms with Gasteiger partial charge in [0.25, 0.3) is 5.56 Å². The third-order valence-corrected chi connectivity index (χ3v) is 6.30. The zero-order valence-corrected chi connectivity index (χ0v) is 19.5. The highest BCUT2D eigenvalue weighted by atomic mass is 16.2. The number of aromatic nitrogens is 2. The Kier molecular flexibility index (Phi) is 6.53. The van der Waals surface area contributed by atoms with Gasteiger partial charge in [0.05, 0.1) is 6.54 Å². The molecule has 2 atom stereocenters. The Bertz CT molecular complexity index is 1180. The summed E-state index contributed by atoms with van der Waals surface area (Å²) in [5.41, 5.74) is 7.24. The highest BCUT2D eigenvalue weighted by Crippen LogP contribution is 2.32. The largest absolute Gasteiger partial charge is 0.337 e. The molecule has 2 aliphatic rings. The summed E-state index contributed by atoms with van der Waals surface area (Å²) in [5.74, 6) is 0.190. The Labute approximate surface area is 193 Å². The summed E-state index contributed by atoms with van der Waals surface area (Å²) in [6.07, 6.45) is 3.70. The number of anilines is 2. The summed E-state index contributed by atoms with van der Waals surface area (Å²) in [6, 6.07) is 8.77. The Balaban J connectivity index is 1.76. The minimum absolute atomic E-state index is 0.0681. The van der Waals surface area contributed by atoms with Crippen molar-refractivity contribution in [3.8, 4) is 0 Å². The molecule has 9 heteroatoms. The molecule has 33 heavy (non-hydrogen) atoms. The van der Waals surface area contributed by atoms with Gasteiger partial charge in [0, 0.05) is 38.3 Å². The second kappa shape index (κ2) is 9.36. The first-order valence-corrected chi connectivity index (χ1v) is 11.4. The molecule has 2 aliphatic heterocycles. The minimum atomic E-state index is -0.520. The van der Waals surface area contributed by atoms with Crippen LogP contribution in [0.25, 0.3) is 0 Å². The topological polar surface area (TPSA) is 106 Å². The molecule has 0 radical (unpaired) electrons. The lowest BCUT2D eigenvalue weighted by molar-refractivity contribution is 0.0968. The zero-order chi connectivity index (χ0) is 23.7. The highest BCUT2D eigenvalue weighted by molar-refractivity contribution is 5.95. The van der Waals surface area contributed by atoms with Crippen molar-refractivity contribution in [3.05, 3.63) is 68.4 Å². The molecule has 0 saturated carbocycles. The standard InChI is InChI=1S/C24H32N6O3/c1-16(2)11-13-29-20-21(26-23(29)28-12-7-10-18(25)14-28)27(3)24(33)30(22(20)32)15-19(31)17-8-5-4-6-9-17/h4-6,8-9,11,18,23,26H,7,10,12-15,25H2,1-3H3. The molecule has 176 valence electrons. The summed E-state index contributed by atoms with van der Waals surface area (Å²) < 4.78 is 2.46. The number of carbonyl (C=O) groups excluding carboxylic acids is 1. The number of rotatable bonds is 6. The summed E-state index contributed by atoms with van der Waals surface area (Å²) in [4.78, 5) is 43.7. The van der Waals surface area contributed by atoms with E-state index in [4.69, 9.17) is 5.73 Å². The fourth-order valence-corrected chi connectivity index (χ4v) is 4.52. The first-order valence-electron chi connectivity index (χ1n) is 11.4. The number of ketones is 1. The fraction of sp³-hybridized carbons (Fsp3) is 0.458. The molecule has 1 saturated heterocycles. The second-order valence-corrected chi connectivity index (χ2v) is 9.07. The molecule has 3 heterocycles. The first kappa shape index (κ1) is 23.0. The highest BCUT2D eigenvalue weighted by Gasteiger charge is 2.39. The van der Waals surface area contributed by atoms with Gasteiger partial charge in [-0.25, -0.2) is 4.79 Å². The number of Topliss-reactive ketones (excluding diaryl/α,β-unsaturated/α-hetero) is 1. The van der Waals surface area contributed by atoms with Crippen molar-refractivity contribution < 1.29 is 4.79 Å². The minimum Gasteiger partial charge on any atom is -0.337 e. The van der Waals surface area contributed by atoms with Crippen molar-refractivity contribution in [2.45, 2.75) is 45.6 Å². The van der Waals surface area contributed by atoms with E-state index in [1.165, 1.54) is 4.57 Å². The number of benzene rings is 1. The number of likely N-dealkylation sites (tertiary alicyclic amines) is 1. The second-order valence-electron chi connectivity index (χ2n) is 9.07. The van der Waals surface area contributed by atoms with Gasteiger partial charge in [0.1, 0.15) is 11.5 Å². The third kappa shape index (κ3) is 4.51. The molecule has 2 unspecified atom stereocenters. The SMILES string of the molecule is CC(C)=CCN1c2c(n(C)c(=O)n(CC(=O)c3ccccc3)c2=O)NC1N1CCCC(N)C1. The van der Waals surface area contributed by atoms with E-state index in [1.54, 1.807) is 31.3 Å². The van der Waals surface area contributed by atoms with Crippen molar-refractivity contribution in [1.82, 2.24) is 14.0 Å². The van der Waals surface area contributed by atoms with Gasteiger partial charge in [0.15, 0.2) is 12.1 Å². The van der Waals surface area contributed by atoms with E-state index < -0.39 is 11.2 Å². The van der Waals surface area contributed by atoms with Crippen LogP contribution in [0, 0.1) is 0 Å². The predicted octanol–water partition coefficient (Wildman–Crippen LogP) is 1.33. The number of hydrogen-bond acceptors (Lipinski definition) is 7. The van der Waals surface area contributed by atoms with Crippen molar-refractivity contribution in [2.75, 3.05) is 29.9 Å². The lowest BCUT2D eigenvalue weighted by Gasteiger charge is -2.39. The van der Waals surface area contributed by atoms with Crippen LogP contribution in [0.1, 0.15) is 37.0 Å². The van der Waals surface area contributed by atoms with Crippen LogP contribution in [0.5, 0.6) is 0 Å². The van der Waals surface area contributed by atoms with E-state index in [0.717, 1.165) is 29.5 Å². The van der Waals surface area contributed by atoms with Crippen LogP contribution >= 0.6 is 0 Å². The molecule has 9 nitrogen and oxygen atoms in total. The summed E-state index contributed by atoms with van der Waals surface area (Å²) >= 11 is 0. The van der Waals surface area contributed by atoms with Crippen molar-refractivity contribution in [2.24, 2.45) is 12.8 Å². The molecule has 1 fully saturated rings. The van der Waals surface area contributed by atoms with E-state index in [9.17, 15) is 14.4 Å². The van der Waals surface area contributed by atoms with Gasteiger partial charge in [-0.3, -0.25) is 23.6 Å². The molecule has 1 aromatic carbocycles. The maximum atomic E-state index is 13.6. The van der Waals surface area contributed by atoms with Gasteiger partial charge < -0.3 is 16.0 Å². The van der Waals surface area contributed by atoms with E-state index in [0.29, 0.717) is 30.2 Å². The Morgan fingerprint density at radius 1 is 1.21 bits per heavy atom. The number of hydrogen-bond donors (Lipinski definition) is 2. The average Bonchev–Trinajstić information content (AvgIpc) is 3.19. The normalized spacial score (nSPS) is 20.3. The van der Waals surface area contributed by atoms with Gasteiger partial charge in [-0.05, 0) is 26.7 Å². The number of allylic oxidation sites excluding steroid dienone is 1. The number of carbonyl (C=O) groups is 1. The third-order valence-electron chi connectivity index (χ3n) is 6.30. The summed E-state index contributed by atoms with van der Waals surface area (Å²) in [7, 11) is 1.63. The predicted molar refractivity (Wildman–Crippen MR) is 130 cm³/mol. The van der Waals surface area contributed by atoms with Crippen LogP contribution in [0.2, 0.25) is 0 Å². The van der Waals surface area contributed by atoms with Crippen LogP contribution in [-0.4, -0.2) is 51.8 Å². The van der Waals surface area contributed by atoms with Crippen LogP contribution in [0.15, 0.2) is 51.6 Å². The fourth-order valence-electron chi connectivity index (χ4n) is 4.52. The maximum Gasteiger partial charge on any atom is 0.332 e. The van der Waals surface area contributed by atoms with Crippen LogP contribution < -0.4 is 27.2 Å². The van der Waals surface area contributed by atoms with E-state index in [2.05, 4.69) is 16.3 Å². The number of piperidine rings is 1. The molecule has 0 bridgehead atoms. The number of nitrogens with two attached hydrogens (primary N) is 1. The molecule has 0 amide bonds. The number of nitrogens with one attached hydrogen (secondary N) is 1. The van der Waals surface area contributed by atoms with Crippen molar-refractivity contribution >= 4 is 17.3 Å². The lowest BCUT2D eigenvalue weighted by atomic mass is 10.1. The molecule has 4 rings (SSSR count). The molecule has 0 spiro atoms. The van der Waals surface area contributed by atoms with E-state index >= 15 is 0 Å². The Hall–Kier alpha value is -3.17. The lowest BCUT2D eigenvalue weighted by Crippen LogP contribution is -2.56. The molecule has 0 aliphatic carbocycles. The monoisotopic (exact) mass is 452 g/mol. The van der Waals surface area contributed by atoms with Crippen molar-refractivity contribution in [3.63, 3.8) is 0 Å². The number of fused-ring (bicyclic) bond motifs is 1. The van der Waals surface area contributed by atoms with E-state index in [-0.39, 0.29) is 24.7 Å². The summed E-state index contributed by atoms with van der Waals surface area (Å²) in [5, 5.41) is 3.39. The van der Waals surface area contributed by atoms with Crippen LogP contribution in [0.3, 0.4) is 0 Å². The van der Waals surface area contributed by atoms with Gasteiger partial charge >= 0.3 is 5.69 Å². The van der Waals surface area contributed by atoms with Crippen LogP contribution in [-0.2, 0) is 13.6 Å². The van der Waals surface area contributed by atoms with Gasteiger partial charge in [-0.2, -0.15) is 0 Å². The smallest absolute Gasteiger partial charge is 0.332 e. The Morgan fingerprint density at radius 3 is 2.61 bits per heavy atom. The summed E-state index contributed by atoms with van der Waals surface area (Å²) in [6.45, 7) is 5.75. The molecule has 1 aromatic heterocycles. The molecule has 3 N–H and O–H groups in total. The van der Waals surface area contributed by atoms with E-state index in [1.807, 2.05) is 24.8 Å². The molecule has 2 aromatic rings. The molecular weight excluding hydrogens is 420 g/mol.